The highest BCUT2D eigenvalue weighted by Crippen LogP contribution is 2.10. The van der Waals surface area contributed by atoms with Crippen LogP contribution in [0.5, 0.6) is 0 Å². The molecule has 0 aromatic heterocycles. The highest BCUT2D eigenvalue weighted by molar-refractivity contribution is 9.10. The van der Waals surface area contributed by atoms with E-state index in [4.69, 9.17) is 5.73 Å². The van der Waals surface area contributed by atoms with Gasteiger partial charge >= 0.3 is 0 Å². The number of amides is 1. The Morgan fingerprint density at radius 2 is 1.72 bits per heavy atom. The number of hydrogen-bond donors (Lipinski definition) is 3. The molecule has 0 aliphatic carbocycles. The quantitative estimate of drug-likeness (QED) is 0.360. The first-order chi connectivity index (χ1) is 12.1. The lowest BCUT2D eigenvalue weighted by atomic mass is 10.1. The van der Waals surface area contributed by atoms with E-state index >= 15 is 0 Å². The predicted octanol–water partition coefficient (Wildman–Crippen LogP) is 2.72. The Morgan fingerprint density at radius 1 is 1.00 bits per heavy atom. The van der Waals surface area contributed by atoms with Gasteiger partial charge in [0.1, 0.15) is 0 Å². The fourth-order valence-electron chi connectivity index (χ4n) is 2.22. The number of benzene rings is 2. The van der Waals surface area contributed by atoms with E-state index in [0.29, 0.717) is 24.6 Å². The van der Waals surface area contributed by atoms with E-state index in [-0.39, 0.29) is 5.91 Å². The van der Waals surface area contributed by atoms with Crippen LogP contribution in [0.2, 0.25) is 0 Å². The molecule has 0 aliphatic rings. The summed E-state index contributed by atoms with van der Waals surface area (Å²) < 4.78 is 0.952. The topological polar surface area (TPSA) is 79.5 Å². The molecule has 5 nitrogen and oxygen atoms in total. The Morgan fingerprint density at radius 3 is 2.44 bits per heavy atom. The van der Waals surface area contributed by atoms with E-state index in [0.717, 1.165) is 23.9 Å². The number of carbonyl (C=O) groups excluding carboxylic acids is 1. The maximum atomic E-state index is 11.9. The van der Waals surface area contributed by atoms with Crippen molar-refractivity contribution in [1.29, 1.82) is 0 Å². The van der Waals surface area contributed by atoms with Gasteiger partial charge in [0.15, 0.2) is 5.96 Å². The minimum Gasteiger partial charge on any atom is -0.370 e. The molecule has 132 valence electrons. The number of guanidine groups is 1. The third-order valence-corrected chi connectivity index (χ3v) is 4.10. The number of rotatable bonds is 8. The van der Waals surface area contributed by atoms with E-state index < -0.39 is 0 Å². The van der Waals surface area contributed by atoms with Crippen molar-refractivity contribution in [3.05, 3.63) is 70.2 Å². The molecule has 2 aromatic rings. The van der Waals surface area contributed by atoms with Crippen LogP contribution >= 0.6 is 15.9 Å². The van der Waals surface area contributed by atoms with Crippen molar-refractivity contribution in [2.45, 2.75) is 12.8 Å². The van der Waals surface area contributed by atoms with Crippen LogP contribution in [-0.2, 0) is 6.42 Å². The number of halogens is 1. The van der Waals surface area contributed by atoms with Gasteiger partial charge in [-0.05, 0) is 42.7 Å². The Bertz CT molecular complexity index is 686. The highest BCUT2D eigenvalue weighted by Gasteiger charge is 2.03. The van der Waals surface area contributed by atoms with E-state index in [1.165, 1.54) is 5.56 Å². The molecule has 0 saturated carbocycles. The minimum absolute atomic E-state index is 0.0783. The molecule has 0 atom stereocenters. The number of nitrogens with zero attached hydrogens (tertiary/aromatic N) is 1. The van der Waals surface area contributed by atoms with Gasteiger partial charge in [-0.2, -0.15) is 0 Å². The number of carbonyl (C=O) groups is 1. The molecule has 0 aliphatic heterocycles. The second-order valence-corrected chi connectivity index (χ2v) is 6.46. The van der Waals surface area contributed by atoms with E-state index in [1.807, 2.05) is 30.3 Å². The van der Waals surface area contributed by atoms with Crippen molar-refractivity contribution in [2.24, 2.45) is 10.7 Å². The molecule has 2 aromatic carbocycles. The van der Waals surface area contributed by atoms with Crippen LogP contribution in [-0.4, -0.2) is 31.5 Å². The molecule has 0 heterocycles. The maximum Gasteiger partial charge on any atom is 0.251 e. The van der Waals surface area contributed by atoms with Gasteiger partial charge in [0.2, 0.25) is 0 Å². The lowest BCUT2D eigenvalue weighted by molar-refractivity contribution is 0.0953. The molecule has 0 unspecified atom stereocenters. The van der Waals surface area contributed by atoms with Gasteiger partial charge in [0, 0.05) is 29.7 Å². The monoisotopic (exact) mass is 402 g/mol. The molecule has 0 spiro atoms. The summed E-state index contributed by atoms with van der Waals surface area (Å²) in [6.07, 6.45) is 1.64. The van der Waals surface area contributed by atoms with E-state index in [2.05, 4.69) is 43.7 Å². The fraction of sp³-hybridized carbons (Fsp3) is 0.263. The second kappa shape index (κ2) is 10.5. The number of hydrogen-bond acceptors (Lipinski definition) is 2. The summed E-state index contributed by atoms with van der Waals surface area (Å²) in [7, 11) is 0. The van der Waals surface area contributed by atoms with Crippen LogP contribution in [0, 0.1) is 0 Å². The zero-order valence-corrected chi connectivity index (χ0v) is 15.6. The van der Waals surface area contributed by atoms with Gasteiger partial charge < -0.3 is 16.4 Å². The Labute approximate surface area is 156 Å². The number of aliphatic imine (C=N–C) groups is 1. The van der Waals surface area contributed by atoms with Crippen molar-refractivity contribution in [3.63, 3.8) is 0 Å². The summed E-state index contributed by atoms with van der Waals surface area (Å²) >= 11 is 3.35. The first-order valence-electron chi connectivity index (χ1n) is 8.26. The van der Waals surface area contributed by atoms with Gasteiger partial charge in [-0.15, -0.1) is 0 Å². The van der Waals surface area contributed by atoms with Crippen LogP contribution in [0.1, 0.15) is 22.3 Å². The molecule has 4 N–H and O–H groups in total. The summed E-state index contributed by atoms with van der Waals surface area (Å²) in [4.78, 5) is 16.2. The SMILES string of the molecule is NC(=NCCCNC(=O)c1ccc(Br)cc1)NCCc1ccccc1. The van der Waals surface area contributed by atoms with Crippen molar-refractivity contribution in [2.75, 3.05) is 19.6 Å². The largest absolute Gasteiger partial charge is 0.370 e. The van der Waals surface area contributed by atoms with Crippen molar-refractivity contribution in [3.8, 4) is 0 Å². The maximum absolute atomic E-state index is 11.9. The molecule has 0 saturated heterocycles. The summed E-state index contributed by atoms with van der Waals surface area (Å²) in [6.45, 7) is 1.89. The third-order valence-electron chi connectivity index (χ3n) is 3.57. The molecule has 0 fully saturated rings. The average Bonchev–Trinajstić information content (AvgIpc) is 2.63. The van der Waals surface area contributed by atoms with Crippen molar-refractivity contribution in [1.82, 2.24) is 10.6 Å². The van der Waals surface area contributed by atoms with Gasteiger partial charge in [-0.3, -0.25) is 9.79 Å². The van der Waals surface area contributed by atoms with E-state index in [9.17, 15) is 4.79 Å². The van der Waals surface area contributed by atoms with Crippen LogP contribution < -0.4 is 16.4 Å². The summed E-state index contributed by atoms with van der Waals surface area (Å²) in [5, 5.41) is 5.97. The van der Waals surface area contributed by atoms with Crippen LogP contribution in [0.4, 0.5) is 0 Å². The van der Waals surface area contributed by atoms with Crippen molar-refractivity contribution < 1.29 is 4.79 Å². The zero-order valence-electron chi connectivity index (χ0n) is 14.0. The van der Waals surface area contributed by atoms with Crippen LogP contribution in [0.15, 0.2) is 64.1 Å². The highest BCUT2D eigenvalue weighted by atomic mass is 79.9. The van der Waals surface area contributed by atoms with Gasteiger partial charge in [-0.1, -0.05) is 46.3 Å². The second-order valence-electron chi connectivity index (χ2n) is 5.55. The van der Waals surface area contributed by atoms with Crippen molar-refractivity contribution >= 4 is 27.8 Å². The normalized spacial score (nSPS) is 11.2. The number of nitrogens with one attached hydrogen (secondary N) is 2. The smallest absolute Gasteiger partial charge is 0.251 e. The Hall–Kier alpha value is -2.34. The summed E-state index contributed by atoms with van der Waals surface area (Å²) in [5.41, 5.74) is 7.74. The lowest BCUT2D eigenvalue weighted by Gasteiger charge is -2.06. The molecule has 0 bridgehead atoms. The predicted molar refractivity (Wildman–Crippen MR) is 106 cm³/mol. The number of nitrogens with two attached hydrogens (primary N) is 1. The molecule has 25 heavy (non-hydrogen) atoms. The molecule has 2 rings (SSSR count). The van der Waals surface area contributed by atoms with E-state index in [1.54, 1.807) is 12.1 Å². The molecule has 1 amide bonds. The fourth-order valence-corrected chi connectivity index (χ4v) is 2.48. The molecular weight excluding hydrogens is 380 g/mol. The molecular formula is C19H23BrN4O. The zero-order chi connectivity index (χ0) is 17.9. The van der Waals surface area contributed by atoms with Crippen LogP contribution in [0.3, 0.4) is 0 Å². The Balaban J connectivity index is 1.58. The molecule has 0 radical (unpaired) electrons. The Kier molecular flexibility index (Phi) is 7.98. The first kappa shape index (κ1) is 19.0. The van der Waals surface area contributed by atoms with Gasteiger partial charge in [0.25, 0.3) is 5.91 Å². The third kappa shape index (κ3) is 7.39. The summed E-state index contributed by atoms with van der Waals surface area (Å²) in [6, 6.07) is 17.5. The van der Waals surface area contributed by atoms with Gasteiger partial charge in [-0.25, -0.2) is 0 Å². The standard InChI is InChI=1S/C19H23BrN4O/c20-17-9-7-16(8-10-17)18(25)22-12-4-13-23-19(21)24-14-11-15-5-2-1-3-6-15/h1-3,5-10H,4,11-14H2,(H,22,25)(H3,21,23,24). The first-order valence-corrected chi connectivity index (χ1v) is 9.06. The van der Waals surface area contributed by atoms with Crippen LogP contribution in [0.25, 0.3) is 0 Å². The lowest BCUT2D eigenvalue weighted by Crippen LogP contribution is -2.33. The summed E-state index contributed by atoms with van der Waals surface area (Å²) in [5.74, 6) is 0.362. The van der Waals surface area contributed by atoms with Gasteiger partial charge in [0.05, 0.1) is 0 Å². The molecule has 6 heteroatoms. The minimum atomic E-state index is -0.0783. The average molecular weight is 403 g/mol.